The minimum absolute atomic E-state index is 0.0263. The summed E-state index contributed by atoms with van der Waals surface area (Å²) < 4.78 is 0. The van der Waals surface area contributed by atoms with Crippen molar-refractivity contribution in [2.24, 2.45) is 5.73 Å². The third-order valence-corrected chi connectivity index (χ3v) is 4.55. The van der Waals surface area contributed by atoms with E-state index in [1.54, 1.807) is 0 Å². The minimum Gasteiger partial charge on any atom is -0.370 e. The third-order valence-electron chi connectivity index (χ3n) is 4.55. The van der Waals surface area contributed by atoms with Crippen molar-refractivity contribution in [2.75, 3.05) is 23.3 Å². The quantitative estimate of drug-likeness (QED) is 0.889. The summed E-state index contributed by atoms with van der Waals surface area (Å²) in [6.07, 6.45) is 6.15. The molecule has 1 saturated carbocycles. The topological polar surface area (TPSA) is 58.4 Å². The summed E-state index contributed by atoms with van der Waals surface area (Å²) in [5.74, 6) is -0.0263. The van der Waals surface area contributed by atoms with E-state index in [4.69, 9.17) is 5.73 Å². The lowest BCUT2D eigenvalue weighted by molar-refractivity contribution is -0.120. The second kappa shape index (κ2) is 5.44. The Labute approximate surface area is 120 Å². The van der Waals surface area contributed by atoms with Crippen molar-refractivity contribution in [3.63, 3.8) is 0 Å². The van der Waals surface area contributed by atoms with Gasteiger partial charge in [-0.25, -0.2) is 0 Å². The van der Waals surface area contributed by atoms with Crippen LogP contribution in [-0.4, -0.2) is 24.5 Å². The van der Waals surface area contributed by atoms with Gasteiger partial charge in [-0.05, 0) is 37.8 Å². The van der Waals surface area contributed by atoms with Gasteiger partial charge in [0.05, 0.1) is 16.9 Å². The van der Waals surface area contributed by atoms with E-state index in [1.165, 1.54) is 12.8 Å². The second-order valence-electron chi connectivity index (χ2n) is 6.03. The first-order valence-corrected chi connectivity index (χ1v) is 7.63. The second-order valence-corrected chi connectivity index (χ2v) is 6.03. The molecule has 108 valence electrons. The third kappa shape index (κ3) is 2.52. The number of nitrogens with two attached hydrogens (primary N) is 1. The van der Waals surface area contributed by atoms with Gasteiger partial charge in [-0.15, -0.1) is 0 Å². The molecule has 4 heteroatoms. The van der Waals surface area contributed by atoms with Crippen LogP contribution in [0.15, 0.2) is 24.3 Å². The fourth-order valence-corrected chi connectivity index (χ4v) is 3.29. The number of para-hydroxylation sites is 2. The molecule has 3 rings (SSSR count). The van der Waals surface area contributed by atoms with Gasteiger partial charge in [-0.2, -0.15) is 0 Å². The SMILES string of the molecule is NC1(C(=O)Nc2ccccc2N2CCCC2)CCCC1. The predicted octanol–water partition coefficient (Wildman–Crippen LogP) is 2.50. The molecule has 20 heavy (non-hydrogen) atoms. The van der Waals surface area contributed by atoms with Crippen LogP contribution in [0.3, 0.4) is 0 Å². The van der Waals surface area contributed by atoms with Crippen LogP contribution in [0, 0.1) is 0 Å². The summed E-state index contributed by atoms with van der Waals surface area (Å²) >= 11 is 0. The number of anilines is 2. The molecule has 1 saturated heterocycles. The number of hydrogen-bond donors (Lipinski definition) is 2. The first kappa shape index (κ1) is 13.4. The van der Waals surface area contributed by atoms with Crippen LogP contribution in [0.4, 0.5) is 11.4 Å². The van der Waals surface area contributed by atoms with Crippen LogP contribution in [0.1, 0.15) is 38.5 Å². The molecule has 2 aliphatic rings. The number of carbonyl (C=O) groups is 1. The van der Waals surface area contributed by atoms with Crippen molar-refractivity contribution in [1.29, 1.82) is 0 Å². The van der Waals surface area contributed by atoms with Crippen LogP contribution < -0.4 is 16.0 Å². The molecule has 0 unspecified atom stereocenters. The van der Waals surface area contributed by atoms with Crippen LogP contribution in [-0.2, 0) is 4.79 Å². The van der Waals surface area contributed by atoms with Gasteiger partial charge < -0.3 is 16.0 Å². The lowest BCUT2D eigenvalue weighted by Gasteiger charge is -2.26. The van der Waals surface area contributed by atoms with E-state index >= 15 is 0 Å². The number of nitrogens with one attached hydrogen (secondary N) is 1. The standard InChI is InChI=1S/C16H23N3O/c17-16(9-3-4-10-16)15(20)18-13-7-1-2-8-14(13)19-11-5-6-12-19/h1-2,7-8H,3-6,9-12,17H2,(H,18,20). The average molecular weight is 273 g/mol. The van der Waals surface area contributed by atoms with E-state index in [9.17, 15) is 4.79 Å². The van der Waals surface area contributed by atoms with Gasteiger partial charge in [0, 0.05) is 13.1 Å². The molecule has 1 aromatic carbocycles. The average Bonchev–Trinajstić information content (AvgIpc) is 3.11. The highest BCUT2D eigenvalue weighted by atomic mass is 16.2. The molecule has 1 amide bonds. The van der Waals surface area contributed by atoms with Crippen molar-refractivity contribution in [3.8, 4) is 0 Å². The molecule has 1 aromatic rings. The highest BCUT2D eigenvalue weighted by Gasteiger charge is 2.37. The summed E-state index contributed by atoms with van der Waals surface area (Å²) in [5.41, 5.74) is 7.58. The molecule has 0 spiro atoms. The van der Waals surface area contributed by atoms with Crippen molar-refractivity contribution < 1.29 is 4.79 Å². The summed E-state index contributed by atoms with van der Waals surface area (Å²) in [5, 5.41) is 3.06. The van der Waals surface area contributed by atoms with Gasteiger partial charge in [0.2, 0.25) is 5.91 Å². The number of benzene rings is 1. The Kier molecular flexibility index (Phi) is 3.66. The largest absolute Gasteiger partial charge is 0.370 e. The molecule has 0 radical (unpaired) electrons. The Morgan fingerprint density at radius 2 is 1.75 bits per heavy atom. The van der Waals surface area contributed by atoms with E-state index in [0.29, 0.717) is 0 Å². The number of hydrogen-bond acceptors (Lipinski definition) is 3. The molecule has 0 aromatic heterocycles. The van der Waals surface area contributed by atoms with Crippen molar-refractivity contribution in [1.82, 2.24) is 0 Å². The Hall–Kier alpha value is -1.55. The Morgan fingerprint density at radius 1 is 1.10 bits per heavy atom. The molecule has 1 heterocycles. The van der Waals surface area contributed by atoms with Crippen LogP contribution in [0.5, 0.6) is 0 Å². The van der Waals surface area contributed by atoms with Crippen molar-refractivity contribution in [2.45, 2.75) is 44.1 Å². The summed E-state index contributed by atoms with van der Waals surface area (Å²) in [7, 11) is 0. The van der Waals surface area contributed by atoms with E-state index in [1.807, 2.05) is 18.2 Å². The fraction of sp³-hybridized carbons (Fsp3) is 0.562. The van der Waals surface area contributed by atoms with Gasteiger partial charge in [0.25, 0.3) is 0 Å². The van der Waals surface area contributed by atoms with E-state index in [-0.39, 0.29) is 5.91 Å². The maximum absolute atomic E-state index is 12.4. The van der Waals surface area contributed by atoms with Gasteiger partial charge >= 0.3 is 0 Å². The van der Waals surface area contributed by atoms with Crippen molar-refractivity contribution >= 4 is 17.3 Å². The highest BCUT2D eigenvalue weighted by Crippen LogP contribution is 2.32. The minimum atomic E-state index is -0.669. The normalized spacial score (nSPS) is 21.1. The zero-order valence-electron chi connectivity index (χ0n) is 11.9. The van der Waals surface area contributed by atoms with Crippen LogP contribution in [0.2, 0.25) is 0 Å². The van der Waals surface area contributed by atoms with Gasteiger partial charge in [-0.3, -0.25) is 4.79 Å². The summed E-state index contributed by atoms with van der Waals surface area (Å²) in [6.45, 7) is 2.14. The van der Waals surface area contributed by atoms with Gasteiger partial charge in [0.1, 0.15) is 0 Å². The summed E-state index contributed by atoms with van der Waals surface area (Å²) in [6, 6.07) is 8.05. The maximum atomic E-state index is 12.4. The summed E-state index contributed by atoms with van der Waals surface area (Å²) in [4.78, 5) is 14.8. The monoisotopic (exact) mass is 273 g/mol. The van der Waals surface area contributed by atoms with Crippen LogP contribution >= 0.6 is 0 Å². The number of carbonyl (C=O) groups excluding carboxylic acids is 1. The zero-order valence-corrected chi connectivity index (χ0v) is 11.9. The number of amides is 1. The molecule has 0 bridgehead atoms. The van der Waals surface area contributed by atoms with E-state index in [0.717, 1.165) is 50.1 Å². The lowest BCUT2D eigenvalue weighted by Crippen LogP contribution is -2.48. The number of nitrogens with zero attached hydrogens (tertiary/aromatic N) is 1. The highest BCUT2D eigenvalue weighted by molar-refractivity contribution is 6.00. The predicted molar refractivity (Wildman–Crippen MR) is 81.9 cm³/mol. The zero-order chi connectivity index (χ0) is 14.0. The molecule has 2 fully saturated rings. The Morgan fingerprint density at radius 3 is 2.45 bits per heavy atom. The first-order valence-electron chi connectivity index (χ1n) is 7.63. The Bertz CT molecular complexity index is 488. The maximum Gasteiger partial charge on any atom is 0.244 e. The smallest absolute Gasteiger partial charge is 0.244 e. The first-order chi connectivity index (χ1) is 9.69. The molecular formula is C16H23N3O. The molecule has 4 nitrogen and oxygen atoms in total. The van der Waals surface area contributed by atoms with Gasteiger partial charge in [0.15, 0.2) is 0 Å². The van der Waals surface area contributed by atoms with E-state index in [2.05, 4.69) is 16.3 Å². The molecule has 0 atom stereocenters. The van der Waals surface area contributed by atoms with Crippen molar-refractivity contribution in [3.05, 3.63) is 24.3 Å². The number of rotatable bonds is 3. The molecule has 3 N–H and O–H groups in total. The Balaban J connectivity index is 1.78. The lowest BCUT2D eigenvalue weighted by atomic mass is 9.98. The fourth-order valence-electron chi connectivity index (χ4n) is 3.29. The van der Waals surface area contributed by atoms with E-state index < -0.39 is 5.54 Å². The molecule has 1 aliphatic carbocycles. The van der Waals surface area contributed by atoms with Gasteiger partial charge in [-0.1, -0.05) is 25.0 Å². The molecule has 1 aliphatic heterocycles. The molecular weight excluding hydrogens is 250 g/mol. The van der Waals surface area contributed by atoms with Crippen LogP contribution in [0.25, 0.3) is 0 Å².